The molecule has 1 aliphatic carbocycles. The first kappa shape index (κ1) is 15.3. The van der Waals surface area contributed by atoms with Gasteiger partial charge in [0.2, 0.25) is 0 Å². The molecule has 0 saturated heterocycles. The third-order valence-electron chi connectivity index (χ3n) is 4.25. The number of aromatic nitrogens is 2. The monoisotopic (exact) mass is 315 g/mol. The maximum Gasteiger partial charge on any atom is 0.292 e. The Kier molecular flexibility index (Phi) is 3.94. The minimum atomic E-state index is -0.381. The number of benzene rings is 1. The smallest absolute Gasteiger partial charge is 0.292 e. The number of anilines is 2. The number of aryl methyl sites for hydroxylation is 1. The molecule has 1 aromatic heterocycles. The summed E-state index contributed by atoms with van der Waals surface area (Å²) in [6, 6.07) is 5.07. The number of nitrogens with one attached hydrogen (secondary N) is 1. The lowest BCUT2D eigenvalue weighted by Crippen LogP contribution is -2.29. The third-order valence-corrected chi connectivity index (χ3v) is 4.25. The molecule has 0 fully saturated rings. The Morgan fingerprint density at radius 1 is 1.48 bits per heavy atom. The summed E-state index contributed by atoms with van der Waals surface area (Å²) in [5.74, 6) is 0. The zero-order valence-corrected chi connectivity index (χ0v) is 13.3. The van der Waals surface area contributed by atoms with Crippen molar-refractivity contribution < 1.29 is 4.92 Å². The van der Waals surface area contributed by atoms with E-state index in [1.54, 1.807) is 12.1 Å². The molecule has 7 heteroatoms. The number of fused-ring (bicyclic) bond motifs is 1. The minimum absolute atomic E-state index is 0.0577. The maximum atomic E-state index is 11.2. The first-order chi connectivity index (χ1) is 11.0. The molecule has 2 aromatic rings. The summed E-state index contributed by atoms with van der Waals surface area (Å²) < 4.78 is 2.04. The number of nitrogens with two attached hydrogens (primary N) is 1. The molecule has 0 saturated carbocycles. The van der Waals surface area contributed by atoms with Crippen molar-refractivity contribution >= 4 is 17.1 Å². The SMILES string of the molecule is CC(C)n1ncc2c1C[C@H](Nc1cc(N)ccc1[N+](=O)[O-])CC2. The quantitative estimate of drug-likeness (QED) is 0.513. The van der Waals surface area contributed by atoms with Crippen molar-refractivity contribution in [3.05, 3.63) is 45.8 Å². The van der Waals surface area contributed by atoms with Gasteiger partial charge in [-0.15, -0.1) is 0 Å². The van der Waals surface area contributed by atoms with Crippen LogP contribution >= 0.6 is 0 Å². The lowest BCUT2D eigenvalue weighted by molar-refractivity contribution is -0.384. The molecule has 1 aromatic carbocycles. The van der Waals surface area contributed by atoms with Crippen molar-refractivity contribution in [2.45, 2.75) is 45.2 Å². The Labute approximate surface area is 134 Å². The number of rotatable bonds is 4. The molecule has 0 aliphatic heterocycles. The van der Waals surface area contributed by atoms with E-state index in [-0.39, 0.29) is 16.7 Å². The highest BCUT2D eigenvalue weighted by atomic mass is 16.6. The second-order valence-corrected chi connectivity index (χ2v) is 6.27. The molecule has 1 heterocycles. The predicted octanol–water partition coefficient (Wildman–Crippen LogP) is 2.92. The molecule has 0 amide bonds. The molecule has 3 N–H and O–H groups in total. The van der Waals surface area contributed by atoms with E-state index in [1.807, 2.05) is 10.9 Å². The number of nitrogen functional groups attached to an aromatic ring is 1. The Hall–Kier alpha value is -2.57. The van der Waals surface area contributed by atoms with Gasteiger partial charge >= 0.3 is 0 Å². The standard InChI is InChI=1S/C16H21N5O2/c1-10(2)20-16-8-13(5-3-11(16)9-18-20)19-14-7-12(17)4-6-15(14)21(22)23/h4,6-7,9-10,13,19H,3,5,8,17H2,1-2H3/t13-/m1/s1. The van der Waals surface area contributed by atoms with Crippen LogP contribution < -0.4 is 11.1 Å². The second kappa shape index (κ2) is 5.91. The van der Waals surface area contributed by atoms with Crippen molar-refractivity contribution in [1.29, 1.82) is 0 Å². The van der Waals surface area contributed by atoms with Crippen LogP contribution in [-0.2, 0) is 12.8 Å². The summed E-state index contributed by atoms with van der Waals surface area (Å²) in [4.78, 5) is 10.8. The van der Waals surface area contributed by atoms with Crippen LogP contribution in [0.2, 0.25) is 0 Å². The summed E-state index contributed by atoms with van der Waals surface area (Å²) in [6.45, 7) is 4.21. The van der Waals surface area contributed by atoms with Crippen molar-refractivity contribution in [2.75, 3.05) is 11.1 Å². The van der Waals surface area contributed by atoms with Gasteiger partial charge in [0.25, 0.3) is 5.69 Å². The van der Waals surface area contributed by atoms with Gasteiger partial charge in [0.1, 0.15) is 5.69 Å². The summed E-state index contributed by atoms with van der Waals surface area (Å²) in [5, 5.41) is 19.0. The number of hydrogen-bond acceptors (Lipinski definition) is 5. The number of nitrogens with zero attached hydrogens (tertiary/aromatic N) is 3. The van der Waals surface area contributed by atoms with E-state index in [0.717, 1.165) is 19.3 Å². The molecule has 3 rings (SSSR count). The molecular weight excluding hydrogens is 294 g/mol. The number of nitro benzene ring substituents is 1. The fraction of sp³-hybridized carbons (Fsp3) is 0.438. The van der Waals surface area contributed by atoms with E-state index in [4.69, 9.17) is 5.73 Å². The topological polar surface area (TPSA) is 99.0 Å². The van der Waals surface area contributed by atoms with Crippen LogP contribution in [0.1, 0.15) is 37.6 Å². The first-order valence-corrected chi connectivity index (χ1v) is 7.81. The molecule has 0 radical (unpaired) electrons. The first-order valence-electron chi connectivity index (χ1n) is 7.81. The van der Waals surface area contributed by atoms with Gasteiger partial charge in [0.15, 0.2) is 0 Å². The van der Waals surface area contributed by atoms with Crippen molar-refractivity contribution in [1.82, 2.24) is 9.78 Å². The van der Waals surface area contributed by atoms with Crippen LogP contribution in [0.4, 0.5) is 17.1 Å². The molecule has 7 nitrogen and oxygen atoms in total. The Bertz CT molecular complexity index is 738. The normalized spacial score (nSPS) is 17.1. The summed E-state index contributed by atoms with van der Waals surface area (Å²) in [7, 11) is 0. The molecular formula is C16H21N5O2. The Balaban J connectivity index is 1.84. The van der Waals surface area contributed by atoms with Crippen LogP contribution in [0, 0.1) is 10.1 Å². The van der Waals surface area contributed by atoms with E-state index >= 15 is 0 Å². The van der Waals surface area contributed by atoms with E-state index in [1.165, 1.54) is 17.3 Å². The molecule has 1 atom stereocenters. The van der Waals surface area contributed by atoms with Gasteiger partial charge in [0.05, 0.1) is 11.1 Å². The Morgan fingerprint density at radius 2 is 2.26 bits per heavy atom. The van der Waals surface area contributed by atoms with Crippen LogP contribution in [0.5, 0.6) is 0 Å². The average Bonchev–Trinajstić information content (AvgIpc) is 2.90. The van der Waals surface area contributed by atoms with E-state index in [0.29, 0.717) is 17.4 Å². The maximum absolute atomic E-state index is 11.2. The van der Waals surface area contributed by atoms with Crippen LogP contribution in [-0.4, -0.2) is 20.7 Å². The van der Waals surface area contributed by atoms with Gasteiger partial charge in [-0.2, -0.15) is 5.10 Å². The lowest BCUT2D eigenvalue weighted by atomic mass is 9.93. The van der Waals surface area contributed by atoms with Gasteiger partial charge in [-0.3, -0.25) is 14.8 Å². The molecule has 0 bridgehead atoms. The van der Waals surface area contributed by atoms with Crippen LogP contribution in [0.25, 0.3) is 0 Å². The third kappa shape index (κ3) is 2.99. The summed E-state index contributed by atoms with van der Waals surface area (Å²) >= 11 is 0. The van der Waals surface area contributed by atoms with Crippen molar-refractivity contribution in [3.63, 3.8) is 0 Å². The van der Waals surface area contributed by atoms with Gasteiger partial charge in [0, 0.05) is 36.0 Å². The fourth-order valence-corrected chi connectivity index (χ4v) is 3.14. The highest BCUT2D eigenvalue weighted by Gasteiger charge is 2.25. The zero-order valence-electron chi connectivity index (χ0n) is 13.3. The lowest BCUT2D eigenvalue weighted by Gasteiger charge is -2.26. The van der Waals surface area contributed by atoms with E-state index in [2.05, 4.69) is 24.3 Å². The van der Waals surface area contributed by atoms with Gasteiger partial charge < -0.3 is 11.1 Å². The summed E-state index contributed by atoms with van der Waals surface area (Å²) in [6.07, 6.45) is 4.59. The minimum Gasteiger partial charge on any atom is -0.399 e. The fourth-order valence-electron chi connectivity index (χ4n) is 3.14. The van der Waals surface area contributed by atoms with Crippen LogP contribution in [0.15, 0.2) is 24.4 Å². The highest BCUT2D eigenvalue weighted by Crippen LogP contribution is 2.30. The molecule has 0 unspecified atom stereocenters. The van der Waals surface area contributed by atoms with E-state index in [9.17, 15) is 10.1 Å². The predicted molar refractivity (Wildman–Crippen MR) is 89.6 cm³/mol. The molecule has 122 valence electrons. The largest absolute Gasteiger partial charge is 0.399 e. The van der Waals surface area contributed by atoms with Crippen molar-refractivity contribution in [2.24, 2.45) is 0 Å². The summed E-state index contributed by atoms with van der Waals surface area (Å²) in [5.41, 5.74) is 9.33. The molecule has 23 heavy (non-hydrogen) atoms. The van der Waals surface area contributed by atoms with Gasteiger partial charge in [-0.05, 0) is 44.4 Å². The van der Waals surface area contributed by atoms with Gasteiger partial charge in [-0.25, -0.2) is 0 Å². The van der Waals surface area contributed by atoms with Crippen LogP contribution in [0.3, 0.4) is 0 Å². The molecule has 1 aliphatic rings. The van der Waals surface area contributed by atoms with Gasteiger partial charge in [-0.1, -0.05) is 0 Å². The van der Waals surface area contributed by atoms with Crippen molar-refractivity contribution in [3.8, 4) is 0 Å². The zero-order chi connectivity index (χ0) is 16.6. The Morgan fingerprint density at radius 3 is 2.96 bits per heavy atom. The second-order valence-electron chi connectivity index (χ2n) is 6.27. The number of hydrogen-bond donors (Lipinski definition) is 2. The van der Waals surface area contributed by atoms with E-state index < -0.39 is 0 Å². The number of nitro groups is 1. The molecule has 0 spiro atoms. The average molecular weight is 315 g/mol. The highest BCUT2D eigenvalue weighted by molar-refractivity contribution is 5.67.